The minimum Gasteiger partial charge on any atom is -0.397 e. The van der Waals surface area contributed by atoms with Gasteiger partial charge in [0.15, 0.2) is 11.6 Å². The zero-order chi connectivity index (χ0) is 25.2. The van der Waals surface area contributed by atoms with Gasteiger partial charge in [-0.25, -0.2) is 0 Å². The first-order chi connectivity index (χ1) is 17.3. The molecule has 0 spiro atoms. The molecule has 0 fully saturated rings. The van der Waals surface area contributed by atoms with Crippen LogP contribution in [0.4, 0.5) is 17.1 Å². The van der Waals surface area contributed by atoms with Crippen LogP contribution in [0.5, 0.6) is 0 Å². The van der Waals surface area contributed by atoms with E-state index in [9.17, 15) is 22.6 Å². The summed E-state index contributed by atoms with van der Waals surface area (Å²) in [5, 5.41) is 6.90. The van der Waals surface area contributed by atoms with Crippen LogP contribution < -0.4 is 11.1 Å². The number of nitrogens with one attached hydrogen (secondary N) is 1. The van der Waals surface area contributed by atoms with E-state index < -0.39 is 32.3 Å². The molecule has 0 atom stereocenters. The van der Waals surface area contributed by atoms with Gasteiger partial charge in [0, 0.05) is 51.8 Å². The van der Waals surface area contributed by atoms with Gasteiger partial charge in [-0.05, 0) is 28.3 Å². The Kier molecular flexibility index (Phi) is 6.18. The Morgan fingerprint density at radius 2 is 1.22 bits per heavy atom. The average Bonchev–Trinajstić information content (AvgIpc) is 2.87. The molecule has 177 valence electrons. The van der Waals surface area contributed by atoms with Crippen molar-refractivity contribution < 1.29 is 22.6 Å². The third kappa shape index (κ3) is 3.94. The largest absolute Gasteiger partial charge is 0.397 e. The molecule has 0 bridgehead atoms. The van der Waals surface area contributed by atoms with Gasteiger partial charge in [0.2, 0.25) is 0 Å². The van der Waals surface area contributed by atoms with E-state index in [-0.39, 0.29) is 57.5 Å². The molecule has 7 nitrogen and oxygen atoms in total. The van der Waals surface area contributed by atoms with Gasteiger partial charge in [-0.2, -0.15) is 8.42 Å². The van der Waals surface area contributed by atoms with Crippen molar-refractivity contribution in [3.63, 3.8) is 0 Å². The second kappa shape index (κ2) is 9.09. The van der Waals surface area contributed by atoms with Crippen LogP contribution in [0.15, 0.2) is 89.8 Å². The summed E-state index contributed by atoms with van der Waals surface area (Å²) < 4.78 is 34.3. The predicted molar refractivity (Wildman–Crippen MR) is 144 cm³/mol. The van der Waals surface area contributed by atoms with E-state index in [4.69, 9.17) is 5.73 Å². The Labute approximate surface area is 234 Å². The summed E-state index contributed by atoms with van der Waals surface area (Å²) in [5.41, 5.74) is 6.30. The first kappa shape index (κ1) is 25.1. The number of rotatable bonds is 3. The van der Waals surface area contributed by atoms with Crippen molar-refractivity contribution in [2.24, 2.45) is 0 Å². The SMILES string of the molecule is Nc1c(S(=O)(=O)O)cc(Nc2cc3ccccc3c3ccccc23)c2c1C(=O)c1ccccc1C2=O.[Na]. The fourth-order valence-electron chi connectivity index (χ4n) is 4.91. The van der Waals surface area contributed by atoms with Crippen molar-refractivity contribution in [2.45, 2.75) is 4.90 Å². The molecule has 5 aromatic carbocycles. The van der Waals surface area contributed by atoms with Gasteiger partial charge in [0.25, 0.3) is 10.1 Å². The van der Waals surface area contributed by atoms with Gasteiger partial charge in [-0.1, -0.05) is 72.8 Å². The van der Waals surface area contributed by atoms with Crippen molar-refractivity contribution in [1.29, 1.82) is 0 Å². The van der Waals surface area contributed by atoms with E-state index >= 15 is 0 Å². The summed E-state index contributed by atoms with van der Waals surface area (Å²) in [6.07, 6.45) is 0. The summed E-state index contributed by atoms with van der Waals surface area (Å²) in [6.45, 7) is 0. The van der Waals surface area contributed by atoms with E-state index in [0.29, 0.717) is 5.69 Å². The number of carbonyl (C=O) groups is 2. The van der Waals surface area contributed by atoms with Crippen LogP contribution >= 0.6 is 0 Å². The molecular formula is C28H18N2NaO5S. The van der Waals surface area contributed by atoms with Crippen molar-refractivity contribution in [3.05, 3.63) is 107 Å². The topological polar surface area (TPSA) is 127 Å². The summed E-state index contributed by atoms with van der Waals surface area (Å²) in [4.78, 5) is 26.4. The fourth-order valence-corrected chi connectivity index (χ4v) is 5.56. The van der Waals surface area contributed by atoms with Crippen LogP contribution in [-0.2, 0) is 10.1 Å². The zero-order valence-electron chi connectivity index (χ0n) is 19.6. The molecule has 0 aliphatic heterocycles. The Morgan fingerprint density at radius 3 is 1.86 bits per heavy atom. The molecule has 9 heteroatoms. The molecule has 5 aromatic rings. The number of hydrogen-bond donors (Lipinski definition) is 3. The number of benzene rings is 5. The standard InChI is InChI=1S/C28H18N2O5S.Na/c29-26-23(36(33,34)35)14-22(24-25(26)28(32)20-12-6-5-11-19(20)27(24)31)30-21-13-15-7-1-2-8-16(15)17-9-3-4-10-18(17)21;/h1-14,30H,29H2,(H,33,34,35);. The van der Waals surface area contributed by atoms with Crippen molar-refractivity contribution in [3.8, 4) is 0 Å². The Morgan fingerprint density at radius 1 is 0.676 bits per heavy atom. The van der Waals surface area contributed by atoms with E-state index in [1.54, 1.807) is 18.2 Å². The molecule has 0 saturated carbocycles. The summed E-state index contributed by atoms with van der Waals surface area (Å²) in [7, 11) is -4.81. The van der Waals surface area contributed by atoms with E-state index in [1.807, 2.05) is 54.6 Å². The van der Waals surface area contributed by atoms with Crippen LogP contribution in [0.25, 0.3) is 21.5 Å². The van der Waals surface area contributed by atoms with Gasteiger partial charge in [-0.3, -0.25) is 14.1 Å². The maximum atomic E-state index is 13.6. The predicted octanol–water partition coefficient (Wildman–Crippen LogP) is 4.96. The van der Waals surface area contributed by atoms with Crippen LogP contribution in [0.1, 0.15) is 31.8 Å². The van der Waals surface area contributed by atoms with E-state index in [0.717, 1.165) is 27.6 Å². The van der Waals surface area contributed by atoms with Gasteiger partial charge in [0.1, 0.15) is 4.90 Å². The van der Waals surface area contributed by atoms with Gasteiger partial charge >= 0.3 is 0 Å². The first-order valence-corrected chi connectivity index (χ1v) is 12.5. The number of anilines is 3. The van der Waals surface area contributed by atoms with Crippen LogP contribution in [0.2, 0.25) is 0 Å². The number of hydrogen-bond acceptors (Lipinski definition) is 6. The number of fused-ring (bicyclic) bond motifs is 5. The molecule has 37 heavy (non-hydrogen) atoms. The minimum absolute atomic E-state index is 0. The average molecular weight is 518 g/mol. The molecule has 1 radical (unpaired) electrons. The second-order valence-electron chi connectivity index (χ2n) is 8.58. The quantitative estimate of drug-likeness (QED) is 0.131. The first-order valence-electron chi connectivity index (χ1n) is 11.1. The molecular weight excluding hydrogens is 499 g/mol. The van der Waals surface area contributed by atoms with E-state index in [2.05, 4.69) is 5.32 Å². The third-order valence-electron chi connectivity index (χ3n) is 6.52. The van der Waals surface area contributed by atoms with Crippen molar-refractivity contribution >= 4 is 89.8 Å². The van der Waals surface area contributed by atoms with Gasteiger partial charge in [-0.15, -0.1) is 0 Å². The van der Waals surface area contributed by atoms with Crippen LogP contribution in [0, 0.1) is 0 Å². The molecule has 1 aliphatic carbocycles. The second-order valence-corrected chi connectivity index (χ2v) is 9.97. The normalized spacial score (nSPS) is 12.7. The summed E-state index contributed by atoms with van der Waals surface area (Å²) >= 11 is 0. The Hall–Kier alpha value is -3.53. The third-order valence-corrected chi connectivity index (χ3v) is 7.41. The molecule has 0 amide bonds. The Bertz CT molecular complexity index is 1900. The van der Waals surface area contributed by atoms with Crippen molar-refractivity contribution in [1.82, 2.24) is 0 Å². The number of nitrogens with two attached hydrogens (primary N) is 1. The fraction of sp³-hybridized carbons (Fsp3) is 0. The van der Waals surface area contributed by atoms with Gasteiger partial charge < -0.3 is 11.1 Å². The molecule has 6 rings (SSSR count). The van der Waals surface area contributed by atoms with E-state index in [1.165, 1.54) is 6.07 Å². The molecule has 4 N–H and O–H groups in total. The molecule has 1 aliphatic rings. The van der Waals surface area contributed by atoms with Crippen molar-refractivity contribution in [2.75, 3.05) is 11.1 Å². The smallest absolute Gasteiger partial charge is 0.296 e. The maximum Gasteiger partial charge on any atom is 0.296 e. The zero-order valence-corrected chi connectivity index (χ0v) is 22.5. The minimum atomic E-state index is -4.81. The van der Waals surface area contributed by atoms with Crippen LogP contribution in [0.3, 0.4) is 0 Å². The number of carbonyl (C=O) groups excluding carboxylic acids is 2. The Balaban J connectivity index is 0.00000280. The maximum absolute atomic E-state index is 13.6. The van der Waals surface area contributed by atoms with Gasteiger partial charge in [0.05, 0.1) is 22.5 Å². The number of nitrogen functional groups attached to an aromatic ring is 1. The summed E-state index contributed by atoms with van der Waals surface area (Å²) in [5.74, 6) is -1.06. The molecule has 0 heterocycles. The van der Waals surface area contributed by atoms with Crippen LogP contribution in [-0.4, -0.2) is 54.1 Å². The monoisotopic (exact) mass is 517 g/mol. The number of ketones is 2. The summed E-state index contributed by atoms with van der Waals surface area (Å²) in [6, 6.07) is 24.7. The molecule has 0 saturated heterocycles. The molecule has 0 aromatic heterocycles. The molecule has 0 unspecified atom stereocenters.